The lowest BCUT2D eigenvalue weighted by molar-refractivity contribution is 1.32. The van der Waals surface area contributed by atoms with E-state index in [0.29, 0.717) is 5.69 Å². The second-order valence-corrected chi connectivity index (χ2v) is 1.31. The molecule has 0 aliphatic carbocycles. The van der Waals surface area contributed by atoms with Gasteiger partial charge in [0.2, 0.25) is 5.39 Å². The van der Waals surface area contributed by atoms with Gasteiger partial charge in [-0.05, 0) is 6.07 Å². The first-order chi connectivity index (χ1) is 3.93. The maximum atomic E-state index is 8.12. The molecule has 0 bridgehead atoms. The van der Waals surface area contributed by atoms with Crippen LogP contribution in [0.5, 0.6) is 0 Å². The third kappa shape index (κ3) is 0.793. The van der Waals surface area contributed by atoms with Crippen LogP contribution in [-0.2, 0) is 0 Å². The predicted molar refractivity (Wildman–Crippen MR) is 29.0 cm³/mol. The molecule has 8 heavy (non-hydrogen) atoms. The average Bonchev–Trinajstić information content (AvgIpc) is 1.90. The molecule has 0 atom stereocenters. The van der Waals surface area contributed by atoms with E-state index in [4.69, 9.17) is 5.39 Å². The molecular weight excluding hydrogens is 102 g/mol. The number of rotatable bonds is 0. The molecule has 3 nitrogen and oxygen atoms in total. The zero-order chi connectivity index (χ0) is 5.82. The molecule has 0 radical (unpaired) electrons. The van der Waals surface area contributed by atoms with Crippen LogP contribution in [0.2, 0.25) is 0 Å². The summed E-state index contributed by atoms with van der Waals surface area (Å²) in [6, 6.07) is 3.36. The molecule has 0 aliphatic heterocycles. The van der Waals surface area contributed by atoms with E-state index in [9.17, 15) is 0 Å². The van der Waals surface area contributed by atoms with Gasteiger partial charge >= 0.3 is 5.69 Å². The van der Waals surface area contributed by atoms with Gasteiger partial charge in [0, 0.05) is 12.3 Å². The normalized spacial score (nSPS) is 7.88. The summed E-state index contributed by atoms with van der Waals surface area (Å²) < 4.78 is 0. The molecular formula is C5H4N3+. The van der Waals surface area contributed by atoms with Crippen molar-refractivity contribution in [2.24, 2.45) is 0 Å². The van der Waals surface area contributed by atoms with Gasteiger partial charge in [0.05, 0.1) is 0 Å². The van der Waals surface area contributed by atoms with E-state index in [2.05, 4.69) is 9.96 Å². The van der Waals surface area contributed by atoms with Crippen LogP contribution in [0.3, 0.4) is 0 Å². The van der Waals surface area contributed by atoms with Gasteiger partial charge in [-0.2, -0.15) is 0 Å². The van der Waals surface area contributed by atoms with Gasteiger partial charge in [0.25, 0.3) is 0 Å². The Morgan fingerprint density at radius 2 is 2.50 bits per heavy atom. The summed E-state index contributed by atoms with van der Waals surface area (Å²) in [6.45, 7) is 0. The van der Waals surface area contributed by atoms with Gasteiger partial charge in [-0.25, -0.2) is 0 Å². The van der Waals surface area contributed by atoms with E-state index < -0.39 is 0 Å². The van der Waals surface area contributed by atoms with Crippen molar-refractivity contribution in [1.29, 1.82) is 5.39 Å². The van der Waals surface area contributed by atoms with Crippen molar-refractivity contribution in [2.75, 3.05) is 0 Å². The second-order valence-electron chi connectivity index (χ2n) is 1.31. The molecule has 0 unspecified atom stereocenters. The lowest BCUT2D eigenvalue weighted by Gasteiger charge is -1.69. The lowest BCUT2D eigenvalue weighted by Crippen LogP contribution is -1.62. The summed E-state index contributed by atoms with van der Waals surface area (Å²) in [6.07, 6.45) is 3.09. The van der Waals surface area contributed by atoms with Crippen molar-refractivity contribution in [3.05, 3.63) is 29.5 Å². The number of hydrogen-bond acceptors (Lipinski definition) is 2. The van der Waals surface area contributed by atoms with Gasteiger partial charge in [-0.15, -0.1) is 0 Å². The average molecular weight is 106 g/mol. The Morgan fingerprint density at radius 1 is 1.62 bits per heavy atom. The number of nitrogens with zero attached hydrogens (tertiary/aromatic N) is 3. The summed E-state index contributed by atoms with van der Waals surface area (Å²) >= 11 is 0. The van der Waals surface area contributed by atoms with Gasteiger partial charge in [0.15, 0.2) is 4.98 Å². The minimum atomic E-state index is 0.479. The maximum absolute atomic E-state index is 8.12. The Morgan fingerprint density at radius 3 is 2.88 bits per heavy atom. The van der Waals surface area contributed by atoms with Crippen molar-refractivity contribution < 1.29 is 0 Å². The smallest absolute Gasteiger partial charge is 0.256 e. The van der Waals surface area contributed by atoms with Crippen LogP contribution in [0.15, 0.2) is 24.5 Å². The highest BCUT2D eigenvalue weighted by atomic mass is 14.9. The Labute approximate surface area is 46.6 Å². The van der Waals surface area contributed by atoms with E-state index in [1.165, 1.54) is 6.20 Å². The third-order valence-electron chi connectivity index (χ3n) is 0.761. The van der Waals surface area contributed by atoms with Crippen molar-refractivity contribution >= 4 is 5.69 Å². The van der Waals surface area contributed by atoms with Crippen molar-refractivity contribution in [3.63, 3.8) is 0 Å². The van der Waals surface area contributed by atoms with Crippen LogP contribution in [-0.4, -0.2) is 4.98 Å². The second kappa shape index (κ2) is 2.03. The standard InChI is InChI=1S/C5H4N3/c6-8-5-2-1-3-7-4-5/h1-4H/q+1. The van der Waals surface area contributed by atoms with Crippen LogP contribution in [0.4, 0.5) is 5.69 Å². The molecule has 0 amide bonds. The number of aromatic nitrogens is 1. The minimum Gasteiger partial charge on any atom is -0.256 e. The largest absolute Gasteiger partial charge is 0.403 e. The minimum absolute atomic E-state index is 0.479. The summed E-state index contributed by atoms with van der Waals surface area (Å²) in [7, 11) is 0. The first-order valence-electron chi connectivity index (χ1n) is 2.18. The van der Waals surface area contributed by atoms with Crippen LogP contribution in [0.1, 0.15) is 0 Å². The summed E-state index contributed by atoms with van der Waals surface area (Å²) in [5.41, 5.74) is 0.479. The molecule has 0 saturated heterocycles. The number of pyridine rings is 1. The Hall–Kier alpha value is -1.43. The van der Waals surface area contributed by atoms with Gasteiger partial charge < -0.3 is 0 Å². The predicted octanol–water partition coefficient (Wildman–Crippen LogP) is 1.57. The molecule has 0 saturated carbocycles. The molecule has 0 aliphatic rings. The Kier molecular flexibility index (Phi) is 1.20. The topological polar surface area (TPSA) is 41.0 Å². The SMILES string of the molecule is N#[N+]c1cccnc1. The van der Waals surface area contributed by atoms with Crippen LogP contribution < -0.4 is 0 Å². The molecule has 0 fully saturated rings. The van der Waals surface area contributed by atoms with Gasteiger partial charge in [0.1, 0.15) is 6.20 Å². The molecule has 38 valence electrons. The number of diazo groups is 1. The fourth-order valence-corrected chi connectivity index (χ4v) is 0.413. The van der Waals surface area contributed by atoms with Crippen molar-refractivity contribution in [1.82, 2.24) is 4.98 Å². The van der Waals surface area contributed by atoms with Gasteiger partial charge in [-0.1, -0.05) is 0 Å². The molecule has 1 aromatic heterocycles. The first-order valence-corrected chi connectivity index (χ1v) is 2.18. The first kappa shape index (κ1) is 4.72. The zero-order valence-corrected chi connectivity index (χ0v) is 4.15. The van der Waals surface area contributed by atoms with Crippen LogP contribution >= 0.6 is 0 Å². The maximum Gasteiger partial charge on any atom is 0.403 e. The molecule has 0 aromatic carbocycles. The lowest BCUT2D eigenvalue weighted by atomic mass is 10.4. The highest BCUT2D eigenvalue weighted by Gasteiger charge is 1.97. The zero-order valence-electron chi connectivity index (χ0n) is 4.15. The third-order valence-corrected chi connectivity index (χ3v) is 0.761. The monoisotopic (exact) mass is 106 g/mol. The van der Waals surface area contributed by atoms with E-state index in [1.54, 1.807) is 18.3 Å². The van der Waals surface area contributed by atoms with Crippen LogP contribution in [0, 0.1) is 5.39 Å². The molecule has 1 heterocycles. The fraction of sp³-hybridized carbons (Fsp3) is 0. The summed E-state index contributed by atoms with van der Waals surface area (Å²) in [4.78, 5) is 6.61. The highest BCUT2D eigenvalue weighted by Crippen LogP contribution is 2.05. The quantitative estimate of drug-likeness (QED) is 0.471. The molecule has 3 heteroatoms. The highest BCUT2D eigenvalue weighted by molar-refractivity contribution is 5.39. The molecule has 0 spiro atoms. The Bertz CT molecular complexity index is 199. The van der Waals surface area contributed by atoms with Crippen molar-refractivity contribution in [2.45, 2.75) is 0 Å². The fourth-order valence-electron chi connectivity index (χ4n) is 0.413. The van der Waals surface area contributed by atoms with E-state index in [1.807, 2.05) is 0 Å². The van der Waals surface area contributed by atoms with Gasteiger partial charge in [-0.3, -0.25) is 4.98 Å². The molecule has 1 aromatic rings. The van der Waals surface area contributed by atoms with E-state index in [-0.39, 0.29) is 0 Å². The van der Waals surface area contributed by atoms with Crippen molar-refractivity contribution in [3.8, 4) is 0 Å². The molecule has 1 rings (SSSR count). The van der Waals surface area contributed by atoms with E-state index >= 15 is 0 Å². The summed E-state index contributed by atoms with van der Waals surface area (Å²) in [5.74, 6) is 0. The molecule has 0 N–H and O–H groups in total. The Balaban J connectivity index is 3.05. The summed E-state index contributed by atoms with van der Waals surface area (Å²) in [5, 5.41) is 8.12. The number of hydrogen-bond donors (Lipinski definition) is 0. The van der Waals surface area contributed by atoms with E-state index in [0.717, 1.165) is 0 Å². The van der Waals surface area contributed by atoms with Crippen LogP contribution in [0.25, 0.3) is 4.98 Å².